The molecule has 1 aliphatic heterocycles. The van der Waals surface area contributed by atoms with Gasteiger partial charge in [-0.25, -0.2) is 4.79 Å². The largest absolute Gasteiger partial charge is 0.508 e. The summed E-state index contributed by atoms with van der Waals surface area (Å²) in [4.78, 5) is 115. The fourth-order valence-corrected chi connectivity index (χ4v) is 7.57. The van der Waals surface area contributed by atoms with Crippen LogP contribution in [0.15, 0.2) is 54.7 Å². The zero-order valence-electron chi connectivity index (χ0n) is 39.6. The Kier molecular flexibility index (Phi) is 19.7. The third-order valence-electron chi connectivity index (χ3n) is 11.8. The second kappa shape index (κ2) is 24.9. The molecule has 3 aromatic rings. The number of fused-ring (bicyclic) bond motifs is 1. The molecule has 0 aliphatic carbocycles. The number of esters is 1. The van der Waals surface area contributed by atoms with Gasteiger partial charge in [0.15, 0.2) is 0 Å². The Hall–Kier alpha value is -6.50. The van der Waals surface area contributed by atoms with Crippen molar-refractivity contribution in [2.75, 3.05) is 6.54 Å². The van der Waals surface area contributed by atoms with E-state index in [1.165, 1.54) is 38.1 Å². The van der Waals surface area contributed by atoms with Crippen molar-refractivity contribution < 1.29 is 53.3 Å². The summed E-state index contributed by atoms with van der Waals surface area (Å²) < 4.78 is 5.81. The summed E-state index contributed by atoms with van der Waals surface area (Å²) in [5.41, 5.74) is 1.80. The molecule has 0 spiro atoms. The van der Waals surface area contributed by atoms with Crippen molar-refractivity contribution in [1.29, 1.82) is 0 Å². The van der Waals surface area contributed by atoms with Gasteiger partial charge in [-0.1, -0.05) is 84.7 Å². The Morgan fingerprint density at radius 1 is 0.731 bits per heavy atom. The Morgan fingerprint density at radius 2 is 1.33 bits per heavy atom. The first-order chi connectivity index (χ1) is 31.7. The Labute approximate surface area is 391 Å². The van der Waals surface area contributed by atoms with Crippen LogP contribution in [0.25, 0.3) is 10.9 Å². The van der Waals surface area contributed by atoms with Crippen molar-refractivity contribution in [1.82, 2.24) is 42.2 Å². The van der Waals surface area contributed by atoms with E-state index in [-0.39, 0.29) is 30.9 Å². The average Bonchev–Trinajstić information content (AvgIpc) is 3.68. The van der Waals surface area contributed by atoms with E-state index in [1.54, 1.807) is 40.0 Å². The van der Waals surface area contributed by atoms with Gasteiger partial charge in [0.05, 0.1) is 12.6 Å². The zero-order valence-corrected chi connectivity index (χ0v) is 39.6. The number of aromatic amines is 1. The van der Waals surface area contributed by atoms with E-state index < -0.39 is 108 Å². The van der Waals surface area contributed by atoms with Gasteiger partial charge in [0.25, 0.3) is 0 Å². The molecule has 0 saturated carbocycles. The standard InChI is InChI=1S/C48H68N8O11/c1-9-27(6)40-45(63)54-39(26(4)5)48(66)67-29(8)42(53-38(60)24-50-37(59)16-12-13-25(2)3)47(65)52-35(21-30-17-19-32(58)20-18-30)43(61)51-36(44(62)56-41(28(7)57)46(64)55-40)22-31-23-49-34-15-11-10-14-33(31)34/h10-11,14-15,17-20,23,25-29,35-36,39-42,49,57-58H,9,12-13,16,21-22,24H2,1-8H3,(H,50,59)(H,51,61)(H,52,65)(H,53,60)(H,54,63)(H,55,64)(H,56,62). The first-order valence-corrected chi connectivity index (χ1v) is 23.0. The second-order valence-corrected chi connectivity index (χ2v) is 18.1. The third kappa shape index (κ3) is 15.5. The monoisotopic (exact) mass is 933 g/mol. The van der Waals surface area contributed by atoms with Crippen LogP contribution in [0, 0.1) is 17.8 Å². The van der Waals surface area contributed by atoms with E-state index in [0.717, 1.165) is 17.3 Å². The van der Waals surface area contributed by atoms with E-state index in [1.807, 2.05) is 32.0 Å². The Balaban J connectivity index is 1.82. The lowest BCUT2D eigenvalue weighted by molar-refractivity contribution is -0.157. The SMILES string of the molecule is CCC(C)C1NC(=O)C(C(C)O)NC(=O)C(Cc2c[nH]c3ccccc23)NC(=O)C(Cc2ccc(O)cc2)NC(=O)C(NC(=O)CNC(=O)CCCC(C)C)C(C)OC(=O)C(C(C)C)NC1=O. The lowest BCUT2D eigenvalue weighted by Crippen LogP contribution is -2.62. The molecule has 4 rings (SSSR count). The van der Waals surface area contributed by atoms with Gasteiger partial charge in [0.1, 0.15) is 48.1 Å². The number of phenols is 1. The number of cyclic esters (lactones) is 1. The van der Waals surface area contributed by atoms with Gasteiger partial charge in [-0.2, -0.15) is 0 Å². The minimum atomic E-state index is -1.68. The fourth-order valence-electron chi connectivity index (χ4n) is 7.57. The molecule has 1 saturated heterocycles. The van der Waals surface area contributed by atoms with Gasteiger partial charge >= 0.3 is 5.97 Å². The molecule has 1 fully saturated rings. The quantitative estimate of drug-likeness (QED) is 0.0976. The molecule has 1 aromatic heterocycles. The molecule has 0 bridgehead atoms. The molecular weight excluding hydrogens is 865 g/mol. The van der Waals surface area contributed by atoms with Gasteiger partial charge in [-0.05, 0) is 67.3 Å². The minimum absolute atomic E-state index is 0.0679. The number of nitrogens with one attached hydrogen (secondary N) is 8. The van der Waals surface area contributed by atoms with E-state index in [4.69, 9.17) is 4.74 Å². The highest BCUT2D eigenvalue weighted by Gasteiger charge is 2.39. The summed E-state index contributed by atoms with van der Waals surface area (Å²) >= 11 is 0. The number of aliphatic hydroxyl groups excluding tert-OH is 1. The van der Waals surface area contributed by atoms with Gasteiger partial charge in [0.2, 0.25) is 41.4 Å². The number of carbonyl (C=O) groups excluding carboxylic acids is 8. The molecule has 10 N–H and O–H groups in total. The Bertz CT molecular complexity index is 2210. The van der Waals surface area contributed by atoms with E-state index in [9.17, 15) is 48.6 Å². The van der Waals surface area contributed by atoms with Crippen LogP contribution in [0.1, 0.15) is 92.2 Å². The molecule has 19 nitrogen and oxygen atoms in total. The molecule has 1 aliphatic rings. The molecule has 0 radical (unpaired) electrons. The van der Waals surface area contributed by atoms with E-state index in [2.05, 4.69) is 42.2 Å². The van der Waals surface area contributed by atoms with Crippen LogP contribution in [0.2, 0.25) is 0 Å². The molecule has 67 heavy (non-hydrogen) atoms. The molecular formula is C48H68N8O11. The van der Waals surface area contributed by atoms with Crippen LogP contribution >= 0.6 is 0 Å². The smallest absolute Gasteiger partial charge is 0.329 e. The number of phenolic OH excluding ortho intramolecular Hbond substituents is 1. The molecule has 366 valence electrons. The number of para-hydroxylation sites is 1. The number of carbonyl (C=O) groups is 8. The van der Waals surface area contributed by atoms with Crippen LogP contribution in [-0.2, 0) is 55.9 Å². The number of H-pyrrole nitrogens is 1. The topological polar surface area (TPSA) is 286 Å². The average molecular weight is 933 g/mol. The van der Waals surface area contributed by atoms with Gasteiger partial charge < -0.3 is 57.2 Å². The van der Waals surface area contributed by atoms with E-state index in [0.29, 0.717) is 29.9 Å². The van der Waals surface area contributed by atoms with Crippen molar-refractivity contribution in [3.05, 3.63) is 65.9 Å². The number of aromatic nitrogens is 1. The third-order valence-corrected chi connectivity index (χ3v) is 11.8. The highest BCUT2D eigenvalue weighted by atomic mass is 16.5. The van der Waals surface area contributed by atoms with Crippen LogP contribution < -0.4 is 37.2 Å². The van der Waals surface area contributed by atoms with E-state index >= 15 is 0 Å². The maximum atomic E-state index is 14.6. The summed E-state index contributed by atoms with van der Waals surface area (Å²) in [5, 5.41) is 40.0. The Morgan fingerprint density at radius 3 is 1.97 bits per heavy atom. The first kappa shape index (κ1) is 53.1. The number of ether oxygens (including phenoxy) is 1. The number of aromatic hydroxyl groups is 1. The molecule has 9 atom stereocenters. The first-order valence-electron chi connectivity index (χ1n) is 23.0. The number of hydrogen-bond acceptors (Lipinski definition) is 11. The number of rotatable bonds is 15. The summed E-state index contributed by atoms with van der Waals surface area (Å²) in [7, 11) is 0. The number of aliphatic hydroxyl groups is 1. The van der Waals surface area contributed by atoms with Crippen LogP contribution in [0.3, 0.4) is 0 Å². The van der Waals surface area contributed by atoms with Crippen molar-refractivity contribution >= 4 is 58.2 Å². The fraction of sp³-hybridized carbons (Fsp3) is 0.542. The molecule has 19 heteroatoms. The van der Waals surface area contributed by atoms with Gasteiger partial charge in [-0.3, -0.25) is 33.6 Å². The van der Waals surface area contributed by atoms with Crippen molar-refractivity contribution in [3.63, 3.8) is 0 Å². The van der Waals surface area contributed by atoms with Crippen LogP contribution in [0.4, 0.5) is 0 Å². The second-order valence-electron chi connectivity index (χ2n) is 18.1. The molecule has 2 aromatic carbocycles. The molecule has 7 amide bonds. The van der Waals surface area contributed by atoms with Gasteiger partial charge in [-0.15, -0.1) is 0 Å². The van der Waals surface area contributed by atoms with Gasteiger partial charge in [0, 0.05) is 36.4 Å². The number of hydrogen-bond donors (Lipinski definition) is 10. The predicted molar refractivity (Wildman–Crippen MR) is 249 cm³/mol. The van der Waals surface area contributed by atoms with Crippen molar-refractivity contribution in [2.24, 2.45) is 17.8 Å². The van der Waals surface area contributed by atoms with Crippen LogP contribution in [0.5, 0.6) is 5.75 Å². The van der Waals surface area contributed by atoms with Crippen LogP contribution in [-0.4, -0.2) is 118 Å². The molecule has 2 heterocycles. The summed E-state index contributed by atoms with van der Waals surface area (Å²) in [6.07, 6.45) is 0.301. The normalized spacial score (nSPS) is 23.6. The highest BCUT2D eigenvalue weighted by molar-refractivity contribution is 5.98. The minimum Gasteiger partial charge on any atom is -0.508 e. The van der Waals surface area contributed by atoms with Crippen molar-refractivity contribution in [3.8, 4) is 5.75 Å². The predicted octanol–water partition coefficient (Wildman–Crippen LogP) is 1.54. The summed E-state index contributed by atoms with van der Waals surface area (Å²) in [6, 6.07) is 4.19. The maximum absolute atomic E-state index is 14.6. The lowest BCUT2D eigenvalue weighted by Gasteiger charge is -2.31. The van der Waals surface area contributed by atoms with Crippen molar-refractivity contribution in [2.45, 2.75) is 142 Å². The zero-order chi connectivity index (χ0) is 49.5. The number of amides is 7. The summed E-state index contributed by atoms with van der Waals surface area (Å²) in [6.45, 7) is 12.9. The lowest BCUT2D eigenvalue weighted by atomic mass is 9.96. The molecule has 9 unspecified atom stereocenters. The number of benzene rings is 2. The summed E-state index contributed by atoms with van der Waals surface area (Å²) in [5.74, 6) is -7.46. The maximum Gasteiger partial charge on any atom is 0.329 e. The highest BCUT2D eigenvalue weighted by Crippen LogP contribution is 2.21.